The Hall–Kier alpha value is -3.24. The third-order valence-corrected chi connectivity index (χ3v) is 6.02. The van der Waals surface area contributed by atoms with Crippen LogP contribution in [0.15, 0.2) is 62.1 Å². The van der Waals surface area contributed by atoms with E-state index in [9.17, 15) is 14.0 Å². The predicted octanol–water partition coefficient (Wildman–Crippen LogP) is 4.78. The molecule has 2 N–H and O–H groups in total. The summed E-state index contributed by atoms with van der Waals surface area (Å²) in [7, 11) is 0. The fraction of sp³-hybridized carbons (Fsp3) is 0.100. The number of nitrogens with one attached hydrogen (secondary N) is 2. The summed E-state index contributed by atoms with van der Waals surface area (Å²) in [6.45, 7) is 1.41. The van der Waals surface area contributed by atoms with E-state index in [0.29, 0.717) is 27.8 Å². The molecule has 0 unspecified atom stereocenters. The van der Waals surface area contributed by atoms with Crippen LogP contribution in [0, 0.1) is 5.82 Å². The molecular weight excluding hydrogens is 427 g/mol. The molecule has 0 atom stereocenters. The Morgan fingerprint density at radius 2 is 1.90 bits per heavy atom. The number of rotatable bonds is 6. The maximum absolute atomic E-state index is 13.0. The minimum atomic E-state index is -0.464. The Kier molecular flexibility index (Phi) is 5.77. The molecule has 2 aromatic heterocycles. The second-order valence-electron chi connectivity index (χ2n) is 6.28. The van der Waals surface area contributed by atoms with E-state index in [1.165, 1.54) is 48.2 Å². The molecule has 0 radical (unpaired) electrons. The van der Waals surface area contributed by atoms with Gasteiger partial charge in [0.05, 0.1) is 0 Å². The second-order valence-corrected chi connectivity index (χ2v) is 8.48. The van der Waals surface area contributed by atoms with Gasteiger partial charge in [-0.3, -0.25) is 4.79 Å². The summed E-state index contributed by atoms with van der Waals surface area (Å²) in [6.07, 6.45) is 0. The molecule has 0 aliphatic rings. The van der Waals surface area contributed by atoms with Crippen molar-refractivity contribution < 1.29 is 13.6 Å². The van der Waals surface area contributed by atoms with E-state index in [1.807, 2.05) is 0 Å². The van der Waals surface area contributed by atoms with Crippen molar-refractivity contribution in [3.8, 4) is 0 Å². The molecule has 0 saturated carbocycles. The van der Waals surface area contributed by atoms with E-state index >= 15 is 0 Å². The zero-order valence-electron chi connectivity index (χ0n) is 15.6. The van der Waals surface area contributed by atoms with Gasteiger partial charge in [-0.1, -0.05) is 23.1 Å². The first-order valence-corrected chi connectivity index (χ1v) is 10.6. The molecule has 0 aliphatic carbocycles. The Morgan fingerprint density at radius 1 is 1.13 bits per heavy atom. The number of carbonyl (C=O) groups is 1. The van der Waals surface area contributed by atoms with Crippen LogP contribution in [0.1, 0.15) is 12.5 Å². The van der Waals surface area contributed by atoms with Crippen molar-refractivity contribution in [2.75, 3.05) is 10.6 Å². The van der Waals surface area contributed by atoms with Crippen LogP contribution in [-0.2, 0) is 10.5 Å². The van der Waals surface area contributed by atoms with E-state index < -0.39 is 5.63 Å². The number of anilines is 3. The number of aromatic nitrogens is 2. The standard InChI is InChI=1S/C20H15FN4O3S2/c1-11(26)22-15-6-7-16-12(8-18(27)28-17(16)9-15)10-29-20-25-24-19(30-20)23-14-4-2-13(21)3-5-14/h2-9H,10H2,1H3,(H,22,26)(H,23,24). The monoisotopic (exact) mass is 442 g/mol. The number of hydrogen-bond donors (Lipinski definition) is 2. The lowest BCUT2D eigenvalue weighted by Crippen LogP contribution is -2.06. The molecule has 7 nitrogen and oxygen atoms in total. The first-order valence-electron chi connectivity index (χ1n) is 8.79. The van der Waals surface area contributed by atoms with E-state index in [0.717, 1.165) is 15.3 Å². The third-order valence-electron chi connectivity index (χ3n) is 4.00. The molecule has 10 heteroatoms. The van der Waals surface area contributed by atoms with Crippen LogP contribution < -0.4 is 16.3 Å². The molecule has 30 heavy (non-hydrogen) atoms. The summed E-state index contributed by atoms with van der Waals surface area (Å²) >= 11 is 2.80. The molecule has 0 bridgehead atoms. The zero-order chi connectivity index (χ0) is 21.1. The maximum Gasteiger partial charge on any atom is 0.336 e. The van der Waals surface area contributed by atoms with E-state index in [1.54, 1.807) is 30.3 Å². The summed E-state index contributed by atoms with van der Waals surface area (Å²) in [4.78, 5) is 23.2. The third kappa shape index (κ3) is 4.84. The highest BCUT2D eigenvalue weighted by molar-refractivity contribution is 8.00. The number of carbonyl (C=O) groups excluding carboxylic acids is 1. The lowest BCUT2D eigenvalue weighted by atomic mass is 10.1. The maximum atomic E-state index is 13.0. The minimum Gasteiger partial charge on any atom is -0.423 e. The first kappa shape index (κ1) is 20.0. The van der Waals surface area contributed by atoms with Crippen molar-refractivity contribution in [3.63, 3.8) is 0 Å². The van der Waals surface area contributed by atoms with Gasteiger partial charge in [-0.2, -0.15) is 0 Å². The van der Waals surface area contributed by atoms with Crippen molar-refractivity contribution >= 4 is 56.5 Å². The SMILES string of the molecule is CC(=O)Nc1ccc2c(CSc3nnc(Nc4ccc(F)cc4)s3)cc(=O)oc2c1. The van der Waals surface area contributed by atoms with Crippen LogP contribution in [-0.4, -0.2) is 16.1 Å². The largest absolute Gasteiger partial charge is 0.423 e. The Bertz CT molecular complexity index is 1270. The van der Waals surface area contributed by atoms with Crippen LogP contribution in [0.25, 0.3) is 11.0 Å². The molecular formula is C20H15FN4O3S2. The number of halogens is 1. The minimum absolute atomic E-state index is 0.204. The number of benzene rings is 2. The van der Waals surface area contributed by atoms with E-state index in [2.05, 4.69) is 20.8 Å². The van der Waals surface area contributed by atoms with Crippen LogP contribution >= 0.6 is 23.1 Å². The molecule has 1 amide bonds. The summed E-state index contributed by atoms with van der Waals surface area (Å²) in [5.41, 5.74) is 2.01. The summed E-state index contributed by atoms with van der Waals surface area (Å²) in [5, 5.41) is 15.3. The molecule has 0 aliphatic heterocycles. The summed E-state index contributed by atoms with van der Waals surface area (Å²) in [6, 6.07) is 12.6. The Morgan fingerprint density at radius 3 is 2.67 bits per heavy atom. The van der Waals surface area contributed by atoms with Gasteiger partial charge in [-0.25, -0.2) is 9.18 Å². The molecule has 2 heterocycles. The van der Waals surface area contributed by atoms with Gasteiger partial charge in [0.15, 0.2) is 4.34 Å². The molecule has 152 valence electrons. The van der Waals surface area contributed by atoms with Crippen LogP contribution in [0.3, 0.4) is 0 Å². The number of amides is 1. The molecule has 2 aromatic carbocycles. The van der Waals surface area contributed by atoms with Gasteiger partial charge in [0, 0.05) is 41.6 Å². The van der Waals surface area contributed by atoms with Crippen LogP contribution in [0.5, 0.6) is 0 Å². The molecule has 0 spiro atoms. The number of fused-ring (bicyclic) bond motifs is 1. The quantitative estimate of drug-likeness (QED) is 0.328. The fourth-order valence-electron chi connectivity index (χ4n) is 2.75. The van der Waals surface area contributed by atoms with Crippen molar-refractivity contribution in [1.29, 1.82) is 0 Å². The number of thioether (sulfide) groups is 1. The van der Waals surface area contributed by atoms with Crippen molar-refractivity contribution in [2.45, 2.75) is 17.0 Å². The highest BCUT2D eigenvalue weighted by Gasteiger charge is 2.11. The van der Waals surface area contributed by atoms with E-state index in [4.69, 9.17) is 4.42 Å². The smallest absolute Gasteiger partial charge is 0.336 e. The van der Waals surface area contributed by atoms with Crippen molar-refractivity contribution in [3.05, 3.63) is 70.3 Å². The average Bonchev–Trinajstić information content (AvgIpc) is 3.14. The number of nitrogens with zero attached hydrogens (tertiary/aromatic N) is 2. The van der Waals surface area contributed by atoms with Gasteiger partial charge in [0.25, 0.3) is 0 Å². The van der Waals surface area contributed by atoms with Gasteiger partial charge >= 0.3 is 5.63 Å². The predicted molar refractivity (Wildman–Crippen MR) is 116 cm³/mol. The highest BCUT2D eigenvalue weighted by Crippen LogP contribution is 2.32. The van der Waals surface area contributed by atoms with Gasteiger partial charge in [0.2, 0.25) is 11.0 Å². The number of hydrogen-bond acceptors (Lipinski definition) is 8. The first-order chi connectivity index (χ1) is 14.5. The molecule has 0 fully saturated rings. The summed E-state index contributed by atoms with van der Waals surface area (Å²) < 4.78 is 19.0. The van der Waals surface area contributed by atoms with E-state index in [-0.39, 0.29) is 11.7 Å². The van der Waals surface area contributed by atoms with Gasteiger partial charge in [-0.15, -0.1) is 10.2 Å². The lowest BCUT2D eigenvalue weighted by molar-refractivity contribution is -0.114. The Balaban J connectivity index is 1.49. The van der Waals surface area contributed by atoms with Gasteiger partial charge in [-0.05, 0) is 42.0 Å². The van der Waals surface area contributed by atoms with Gasteiger partial charge < -0.3 is 15.1 Å². The zero-order valence-corrected chi connectivity index (χ0v) is 17.3. The van der Waals surface area contributed by atoms with Crippen LogP contribution in [0.2, 0.25) is 0 Å². The average molecular weight is 442 g/mol. The van der Waals surface area contributed by atoms with Crippen molar-refractivity contribution in [2.24, 2.45) is 0 Å². The van der Waals surface area contributed by atoms with Gasteiger partial charge in [0.1, 0.15) is 11.4 Å². The topological polar surface area (TPSA) is 97.1 Å². The summed E-state index contributed by atoms with van der Waals surface area (Å²) in [5.74, 6) is -0.0187. The molecule has 4 aromatic rings. The normalized spacial score (nSPS) is 10.9. The fourth-order valence-corrected chi connectivity index (χ4v) is 4.51. The Labute approximate surface area is 178 Å². The molecule has 4 rings (SSSR count). The molecule has 0 saturated heterocycles. The second kappa shape index (κ2) is 8.64. The highest BCUT2D eigenvalue weighted by atomic mass is 32.2. The lowest BCUT2D eigenvalue weighted by Gasteiger charge is -2.07. The van der Waals surface area contributed by atoms with Crippen molar-refractivity contribution in [1.82, 2.24) is 10.2 Å². The van der Waals surface area contributed by atoms with Crippen LogP contribution in [0.4, 0.5) is 20.9 Å².